The number of amides is 1. The molecule has 1 N–H and O–H groups in total. The smallest absolute Gasteiger partial charge is 0.256 e. The van der Waals surface area contributed by atoms with Crippen LogP contribution in [0.15, 0.2) is 77.9 Å². The van der Waals surface area contributed by atoms with Gasteiger partial charge in [-0.15, -0.1) is 0 Å². The van der Waals surface area contributed by atoms with Crippen LogP contribution < -0.4 is 10.2 Å². The molecule has 0 aromatic carbocycles. The first-order chi connectivity index (χ1) is 17.7. The Balaban J connectivity index is 1.33. The number of piperidine rings is 1. The van der Waals surface area contributed by atoms with Crippen molar-refractivity contribution in [3.63, 3.8) is 0 Å². The largest absolute Gasteiger partial charge is 0.467 e. The van der Waals surface area contributed by atoms with Crippen LogP contribution in [0, 0.1) is 0 Å². The molecule has 5 aromatic heterocycles. The summed E-state index contributed by atoms with van der Waals surface area (Å²) in [6, 6.07) is 13.1. The molecule has 1 fully saturated rings. The van der Waals surface area contributed by atoms with Gasteiger partial charge in [-0.05, 0) is 61.7 Å². The average molecular weight is 480 g/mol. The molecule has 5 aromatic rings. The van der Waals surface area contributed by atoms with Crippen molar-refractivity contribution in [3.05, 3.63) is 84.8 Å². The molecule has 0 saturated carbocycles. The number of rotatable bonds is 6. The van der Waals surface area contributed by atoms with Crippen LogP contribution in [0.5, 0.6) is 0 Å². The third-order valence-corrected chi connectivity index (χ3v) is 6.38. The average Bonchev–Trinajstić information content (AvgIpc) is 3.60. The van der Waals surface area contributed by atoms with Gasteiger partial charge in [0, 0.05) is 31.0 Å². The Hall–Kier alpha value is -4.53. The number of fused-ring (bicyclic) bond motifs is 1. The number of nitrogens with zero attached hydrogens (tertiary/aromatic N) is 6. The standard InChI is InChI=1S/C27H25N7O2/c35-27(31-20-8-9-25(29-16-20)33-11-2-1-3-12-33)22-14-24(19-6-4-10-28-15-19)32-26-23(22)17-30-34(26)18-21-7-5-13-36-21/h4-10,13-17H,1-3,11-12,18H2,(H,31,35). The van der Waals surface area contributed by atoms with Crippen molar-refractivity contribution in [1.82, 2.24) is 24.7 Å². The topological polar surface area (TPSA) is 102 Å². The van der Waals surface area contributed by atoms with E-state index >= 15 is 0 Å². The van der Waals surface area contributed by atoms with E-state index in [-0.39, 0.29) is 5.91 Å². The zero-order valence-electron chi connectivity index (χ0n) is 19.7. The maximum Gasteiger partial charge on any atom is 0.256 e. The van der Waals surface area contributed by atoms with Gasteiger partial charge in [-0.2, -0.15) is 5.10 Å². The third-order valence-electron chi connectivity index (χ3n) is 6.38. The Kier molecular flexibility index (Phi) is 5.87. The molecule has 6 heterocycles. The van der Waals surface area contributed by atoms with E-state index in [1.165, 1.54) is 19.3 Å². The van der Waals surface area contributed by atoms with Crippen LogP contribution in [0.4, 0.5) is 11.5 Å². The van der Waals surface area contributed by atoms with Gasteiger partial charge >= 0.3 is 0 Å². The SMILES string of the molecule is O=C(Nc1ccc(N2CCCCC2)nc1)c1cc(-c2cccnc2)nc2c1cnn2Cc1ccco1. The monoisotopic (exact) mass is 479 g/mol. The highest BCUT2D eigenvalue weighted by molar-refractivity contribution is 6.12. The molecule has 0 unspecified atom stereocenters. The van der Waals surface area contributed by atoms with Crippen molar-refractivity contribution in [3.8, 4) is 11.3 Å². The molecule has 0 radical (unpaired) electrons. The highest BCUT2D eigenvalue weighted by Gasteiger charge is 2.19. The molecule has 0 aliphatic carbocycles. The van der Waals surface area contributed by atoms with E-state index in [2.05, 4.69) is 25.3 Å². The lowest BCUT2D eigenvalue weighted by molar-refractivity contribution is 0.102. The normalized spacial score (nSPS) is 13.7. The minimum atomic E-state index is -0.252. The van der Waals surface area contributed by atoms with E-state index in [1.807, 2.05) is 36.4 Å². The van der Waals surface area contributed by atoms with Gasteiger partial charge in [0.15, 0.2) is 5.65 Å². The summed E-state index contributed by atoms with van der Waals surface area (Å²) < 4.78 is 7.23. The quantitative estimate of drug-likeness (QED) is 0.374. The predicted molar refractivity (Wildman–Crippen MR) is 137 cm³/mol. The van der Waals surface area contributed by atoms with E-state index in [0.717, 1.165) is 30.2 Å². The minimum Gasteiger partial charge on any atom is -0.467 e. The van der Waals surface area contributed by atoms with Gasteiger partial charge in [-0.3, -0.25) is 9.78 Å². The number of anilines is 2. The first kappa shape index (κ1) is 22.0. The zero-order valence-corrected chi connectivity index (χ0v) is 19.7. The van der Waals surface area contributed by atoms with Crippen molar-refractivity contribution < 1.29 is 9.21 Å². The molecule has 0 spiro atoms. The minimum absolute atomic E-state index is 0.252. The molecule has 6 rings (SSSR count). The predicted octanol–water partition coefficient (Wildman–Crippen LogP) is 4.77. The molecule has 0 bridgehead atoms. The molecule has 0 atom stereocenters. The number of carbonyl (C=O) groups is 1. The second-order valence-corrected chi connectivity index (χ2v) is 8.82. The van der Waals surface area contributed by atoms with Crippen LogP contribution >= 0.6 is 0 Å². The molecule has 9 nitrogen and oxygen atoms in total. The van der Waals surface area contributed by atoms with E-state index < -0.39 is 0 Å². The van der Waals surface area contributed by atoms with Crippen molar-refractivity contribution in [2.45, 2.75) is 25.8 Å². The summed E-state index contributed by atoms with van der Waals surface area (Å²) in [6.45, 7) is 2.45. The summed E-state index contributed by atoms with van der Waals surface area (Å²) >= 11 is 0. The van der Waals surface area contributed by atoms with Crippen molar-refractivity contribution in [1.29, 1.82) is 0 Å². The Bertz CT molecular complexity index is 1470. The second kappa shape index (κ2) is 9.61. The van der Waals surface area contributed by atoms with Gasteiger partial charge in [0.1, 0.15) is 18.1 Å². The summed E-state index contributed by atoms with van der Waals surface area (Å²) in [7, 11) is 0. The van der Waals surface area contributed by atoms with Gasteiger partial charge in [0.05, 0.1) is 41.0 Å². The van der Waals surface area contributed by atoms with Crippen LogP contribution in [0.25, 0.3) is 22.3 Å². The molecule has 36 heavy (non-hydrogen) atoms. The Morgan fingerprint density at radius 2 is 1.94 bits per heavy atom. The summed E-state index contributed by atoms with van der Waals surface area (Å²) in [4.78, 5) is 29.4. The van der Waals surface area contributed by atoms with Crippen LogP contribution in [0.2, 0.25) is 0 Å². The van der Waals surface area contributed by atoms with Gasteiger partial charge < -0.3 is 14.6 Å². The highest BCUT2D eigenvalue weighted by Crippen LogP contribution is 2.26. The van der Waals surface area contributed by atoms with Crippen molar-refractivity contribution in [2.24, 2.45) is 0 Å². The van der Waals surface area contributed by atoms with E-state index in [0.29, 0.717) is 34.5 Å². The molecule has 1 amide bonds. The number of carbonyl (C=O) groups excluding carboxylic acids is 1. The van der Waals surface area contributed by atoms with Crippen molar-refractivity contribution >= 4 is 28.4 Å². The first-order valence-corrected chi connectivity index (χ1v) is 12.1. The lowest BCUT2D eigenvalue weighted by Crippen LogP contribution is -2.30. The molecule has 9 heteroatoms. The fourth-order valence-corrected chi connectivity index (χ4v) is 4.53. The van der Waals surface area contributed by atoms with Crippen LogP contribution in [0.1, 0.15) is 35.4 Å². The zero-order chi connectivity index (χ0) is 24.3. The molecular weight excluding hydrogens is 454 g/mol. The molecule has 1 saturated heterocycles. The van der Waals surface area contributed by atoms with Gasteiger partial charge in [-0.25, -0.2) is 14.6 Å². The number of hydrogen-bond acceptors (Lipinski definition) is 7. The molecule has 1 aliphatic heterocycles. The van der Waals surface area contributed by atoms with E-state index in [4.69, 9.17) is 9.40 Å². The van der Waals surface area contributed by atoms with Gasteiger partial charge in [0.2, 0.25) is 0 Å². The fourth-order valence-electron chi connectivity index (χ4n) is 4.53. The van der Waals surface area contributed by atoms with E-state index in [9.17, 15) is 4.79 Å². The number of nitrogens with one attached hydrogen (secondary N) is 1. The summed E-state index contributed by atoms with van der Waals surface area (Å²) in [6.07, 6.45) is 12.1. The van der Waals surface area contributed by atoms with Crippen LogP contribution in [0.3, 0.4) is 0 Å². The first-order valence-electron chi connectivity index (χ1n) is 12.1. The Morgan fingerprint density at radius 3 is 2.69 bits per heavy atom. The Morgan fingerprint density at radius 1 is 1.03 bits per heavy atom. The maximum atomic E-state index is 13.5. The second-order valence-electron chi connectivity index (χ2n) is 8.82. The number of hydrogen-bond donors (Lipinski definition) is 1. The van der Waals surface area contributed by atoms with Crippen LogP contribution in [-0.4, -0.2) is 43.7 Å². The van der Waals surface area contributed by atoms with Crippen LogP contribution in [-0.2, 0) is 6.54 Å². The van der Waals surface area contributed by atoms with Gasteiger partial charge in [-0.1, -0.05) is 0 Å². The molecular formula is C27H25N7O2. The lowest BCUT2D eigenvalue weighted by atomic mass is 10.1. The number of furan rings is 1. The van der Waals surface area contributed by atoms with E-state index in [1.54, 1.807) is 41.8 Å². The molecule has 180 valence electrons. The fraction of sp³-hybridized carbons (Fsp3) is 0.222. The number of aromatic nitrogens is 5. The Labute approximate surface area is 207 Å². The maximum absolute atomic E-state index is 13.5. The van der Waals surface area contributed by atoms with Crippen molar-refractivity contribution in [2.75, 3.05) is 23.3 Å². The summed E-state index contributed by atoms with van der Waals surface area (Å²) in [5.41, 5.74) is 3.16. The third kappa shape index (κ3) is 4.43. The van der Waals surface area contributed by atoms with Gasteiger partial charge in [0.25, 0.3) is 5.91 Å². The summed E-state index contributed by atoms with van der Waals surface area (Å²) in [5, 5.41) is 8.15. The lowest BCUT2D eigenvalue weighted by Gasteiger charge is -2.27. The molecule has 1 aliphatic rings. The number of pyridine rings is 3. The highest BCUT2D eigenvalue weighted by atomic mass is 16.3. The summed E-state index contributed by atoms with van der Waals surface area (Å²) in [5.74, 6) is 1.44.